The number of hydrogen-bond acceptors (Lipinski definition) is 2. The highest BCUT2D eigenvalue weighted by molar-refractivity contribution is 5.22. The third kappa shape index (κ3) is 5.33. The summed E-state index contributed by atoms with van der Waals surface area (Å²) in [6.45, 7) is 9.43. The van der Waals surface area contributed by atoms with Crippen LogP contribution in [-0.2, 0) is 6.42 Å². The Bertz CT molecular complexity index is 369. The van der Waals surface area contributed by atoms with Crippen molar-refractivity contribution < 1.29 is 0 Å². The van der Waals surface area contributed by atoms with E-state index >= 15 is 0 Å². The van der Waals surface area contributed by atoms with E-state index in [4.69, 9.17) is 0 Å². The topological polar surface area (TPSA) is 15.3 Å². The minimum atomic E-state index is 0.614. The Morgan fingerprint density at radius 3 is 2.79 bits per heavy atom. The van der Waals surface area contributed by atoms with Crippen molar-refractivity contribution in [3.05, 3.63) is 35.4 Å². The molecule has 1 heterocycles. The summed E-state index contributed by atoms with van der Waals surface area (Å²) in [6.07, 6.45) is 5.19. The maximum atomic E-state index is 3.65. The second-order valence-electron chi connectivity index (χ2n) is 5.93. The zero-order valence-corrected chi connectivity index (χ0v) is 12.5. The van der Waals surface area contributed by atoms with Gasteiger partial charge in [0, 0.05) is 19.1 Å². The van der Waals surface area contributed by atoms with E-state index in [1.807, 2.05) is 0 Å². The lowest BCUT2D eigenvalue weighted by molar-refractivity contribution is 0.327. The summed E-state index contributed by atoms with van der Waals surface area (Å²) in [4.78, 5) is 2.57. The van der Waals surface area contributed by atoms with Crippen molar-refractivity contribution >= 4 is 0 Å². The predicted molar refractivity (Wildman–Crippen MR) is 82.6 cm³/mol. The Kier molecular flexibility index (Phi) is 5.87. The van der Waals surface area contributed by atoms with Crippen LogP contribution in [0.15, 0.2) is 24.3 Å². The van der Waals surface area contributed by atoms with Crippen LogP contribution < -0.4 is 5.32 Å². The third-order valence-electron chi connectivity index (χ3n) is 4.07. The average molecular weight is 260 g/mol. The van der Waals surface area contributed by atoms with Gasteiger partial charge in [-0.1, -0.05) is 29.8 Å². The first-order chi connectivity index (χ1) is 9.24. The number of hydrogen-bond donors (Lipinski definition) is 1. The van der Waals surface area contributed by atoms with Crippen molar-refractivity contribution in [2.45, 2.75) is 45.6 Å². The highest BCUT2D eigenvalue weighted by atomic mass is 15.1. The maximum absolute atomic E-state index is 3.65. The highest BCUT2D eigenvalue weighted by Crippen LogP contribution is 2.08. The van der Waals surface area contributed by atoms with E-state index in [0.29, 0.717) is 6.04 Å². The smallest absolute Gasteiger partial charge is 0.0107 e. The second kappa shape index (κ2) is 7.66. The summed E-state index contributed by atoms with van der Waals surface area (Å²) in [6, 6.07) is 9.49. The van der Waals surface area contributed by atoms with Crippen LogP contribution in [0.25, 0.3) is 0 Å². The molecule has 0 spiro atoms. The van der Waals surface area contributed by atoms with Gasteiger partial charge in [0.1, 0.15) is 0 Å². The number of likely N-dealkylation sites (tertiary alicyclic amines) is 1. The zero-order valence-electron chi connectivity index (χ0n) is 12.5. The Morgan fingerprint density at radius 1 is 1.26 bits per heavy atom. The maximum Gasteiger partial charge on any atom is 0.0107 e. The first-order valence-electron chi connectivity index (χ1n) is 7.75. The van der Waals surface area contributed by atoms with E-state index in [0.717, 1.165) is 6.54 Å². The third-order valence-corrected chi connectivity index (χ3v) is 4.07. The van der Waals surface area contributed by atoms with E-state index in [-0.39, 0.29) is 0 Å². The molecular formula is C17H28N2. The van der Waals surface area contributed by atoms with Gasteiger partial charge in [-0.3, -0.25) is 0 Å². The Balaban J connectivity index is 1.60. The minimum Gasteiger partial charge on any atom is -0.313 e. The Morgan fingerprint density at radius 2 is 2.05 bits per heavy atom. The molecule has 1 N–H and O–H groups in total. The number of nitrogens with zero attached hydrogens (tertiary/aromatic N) is 1. The number of rotatable bonds is 7. The van der Waals surface area contributed by atoms with Gasteiger partial charge in [-0.25, -0.2) is 0 Å². The fourth-order valence-corrected chi connectivity index (χ4v) is 2.83. The molecule has 1 saturated heterocycles. The quantitative estimate of drug-likeness (QED) is 0.811. The molecule has 106 valence electrons. The Labute approximate surface area is 118 Å². The van der Waals surface area contributed by atoms with Crippen LogP contribution in [0, 0.1) is 6.92 Å². The molecule has 1 unspecified atom stereocenters. The molecule has 0 radical (unpaired) electrons. The zero-order chi connectivity index (χ0) is 13.5. The molecule has 2 heteroatoms. The summed E-state index contributed by atoms with van der Waals surface area (Å²) in [5.74, 6) is 0. The number of benzene rings is 1. The van der Waals surface area contributed by atoms with Gasteiger partial charge in [0.25, 0.3) is 0 Å². The Hall–Kier alpha value is -0.860. The molecule has 1 aliphatic heterocycles. The molecule has 0 saturated carbocycles. The molecule has 1 fully saturated rings. The minimum absolute atomic E-state index is 0.614. The molecular weight excluding hydrogens is 232 g/mol. The summed E-state index contributed by atoms with van der Waals surface area (Å²) >= 11 is 0. The molecule has 19 heavy (non-hydrogen) atoms. The largest absolute Gasteiger partial charge is 0.313 e. The standard InChI is InChI=1S/C17H28N2/c1-15-6-5-7-17(14-15)9-8-16(2)18-10-13-19-11-3-4-12-19/h5-7,14,16,18H,3-4,8-13H2,1-2H3. The van der Waals surface area contributed by atoms with Crippen molar-refractivity contribution in [2.24, 2.45) is 0 Å². The van der Waals surface area contributed by atoms with Gasteiger partial charge < -0.3 is 10.2 Å². The van der Waals surface area contributed by atoms with E-state index < -0.39 is 0 Å². The van der Waals surface area contributed by atoms with Crippen molar-refractivity contribution in [2.75, 3.05) is 26.2 Å². The molecule has 1 aliphatic rings. The fraction of sp³-hybridized carbons (Fsp3) is 0.647. The molecule has 0 aromatic heterocycles. The molecule has 1 aromatic carbocycles. The van der Waals surface area contributed by atoms with Gasteiger partial charge >= 0.3 is 0 Å². The second-order valence-corrected chi connectivity index (χ2v) is 5.93. The summed E-state index contributed by atoms with van der Waals surface area (Å²) < 4.78 is 0. The van der Waals surface area contributed by atoms with Gasteiger partial charge in [-0.15, -0.1) is 0 Å². The molecule has 2 rings (SSSR count). The molecule has 0 aliphatic carbocycles. The van der Waals surface area contributed by atoms with Crippen LogP contribution in [0.1, 0.15) is 37.3 Å². The molecule has 1 atom stereocenters. The van der Waals surface area contributed by atoms with Crippen LogP contribution in [0.4, 0.5) is 0 Å². The van der Waals surface area contributed by atoms with Crippen LogP contribution in [0.2, 0.25) is 0 Å². The van der Waals surface area contributed by atoms with Crippen LogP contribution >= 0.6 is 0 Å². The van der Waals surface area contributed by atoms with E-state index in [9.17, 15) is 0 Å². The van der Waals surface area contributed by atoms with Crippen LogP contribution in [0.5, 0.6) is 0 Å². The summed E-state index contributed by atoms with van der Waals surface area (Å²) in [5, 5.41) is 3.65. The SMILES string of the molecule is Cc1cccc(CCC(C)NCCN2CCCC2)c1. The van der Waals surface area contributed by atoms with Crippen molar-refractivity contribution in [3.8, 4) is 0 Å². The van der Waals surface area contributed by atoms with Crippen molar-refractivity contribution in [3.63, 3.8) is 0 Å². The first-order valence-corrected chi connectivity index (χ1v) is 7.75. The van der Waals surface area contributed by atoms with E-state index in [2.05, 4.69) is 48.3 Å². The lowest BCUT2D eigenvalue weighted by Crippen LogP contribution is -2.35. The van der Waals surface area contributed by atoms with E-state index in [1.54, 1.807) is 0 Å². The first kappa shape index (κ1) is 14.5. The normalized spacial score (nSPS) is 17.8. The van der Waals surface area contributed by atoms with Crippen molar-refractivity contribution in [1.82, 2.24) is 10.2 Å². The predicted octanol–water partition coefficient (Wildman–Crippen LogP) is 3.00. The number of aryl methyl sites for hydroxylation is 2. The van der Waals surface area contributed by atoms with Crippen LogP contribution in [0.3, 0.4) is 0 Å². The molecule has 1 aromatic rings. The lowest BCUT2D eigenvalue weighted by Gasteiger charge is -2.18. The fourth-order valence-electron chi connectivity index (χ4n) is 2.83. The molecule has 0 bridgehead atoms. The van der Waals surface area contributed by atoms with Gasteiger partial charge in [0.15, 0.2) is 0 Å². The number of nitrogens with one attached hydrogen (secondary N) is 1. The van der Waals surface area contributed by atoms with Gasteiger partial charge in [0.05, 0.1) is 0 Å². The van der Waals surface area contributed by atoms with Gasteiger partial charge in [-0.05, 0) is 58.2 Å². The van der Waals surface area contributed by atoms with E-state index in [1.165, 1.54) is 56.4 Å². The monoisotopic (exact) mass is 260 g/mol. The molecule has 0 amide bonds. The molecule has 2 nitrogen and oxygen atoms in total. The van der Waals surface area contributed by atoms with Gasteiger partial charge in [0.2, 0.25) is 0 Å². The summed E-state index contributed by atoms with van der Waals surface area (Å²) in [5.41, 5.74) is 2.83. The lowest BCUT2D eigenvalue weighted by atomic mass is 10.0. The summed E-state index contributed by atoms with van der Waals surface area (Å²) in [7, 11) is 0. The highest BCUT2D eigenvalue weighted by Gasteiger charge is 2.10. The average Bonchev–Trinajstić information content (AvgIpc) is 2.90. The van der Waals surface area contributed by atoms with Crippen LogP contribution in [-0.4, -0.2) is 37.1 Å². The van der Waals surface area contributed by atoms with Gasteiger partial charge in [-0.2, -0.15) is 0 Å². The van der Waals surface area contributed by atoms with Crippen molar-refractivity contribution in [1.29, 1.82) is 0 Å².